The van der Waals surface area contributed by atoms with E-state index in [1.165, 1.54) is 18.2 Å². The molecule has 0 unspecified atom stereocenters. The number of allylic oxidation sites excluding steroid dienone is 1. The molecule has 96 valence electrons. The highest BCUT2D eigenvalue weighted by Gasteiger charge is 2.10. The maximum atomic E-state index is 12.9. The standard InChI is InChI=1S/C13H17FN4/c1-9(8-13(15)16)10(2)18(17-3)12-6-4-11(14)5-7-12/h4-8,17H,2H2,1,3H3,(H3,15,16)/b9-8+. The Labute approximate surface area is 106 Å². The van der Waals surface area contributed by atoms with Crippen LogP contribution in [0.4, 0.5) is 10.1 Å². The molecular weight excluding hydrogens is 231 g/mol. The van der Waals surface area contributed by atoms with E-state index in [2.05, 4.69) is 12.0 Å². The Morgan fingerprint density at radius 3 is 2.44 bits per heavy atom. The number of hydrogen-bond donors (Lipinski definition) is 3. The van der Waals surface area contributed by atoms with E-state index in [-0.39, 0.29) is 11.7 Å². The van der Waals surface area contributed by atoms with Gasteiger partial charge in [-0.25, -0.2) is 9.82 Å². The predicted octanol–water partition coefficient (Wildman–Crippen LogP) is 2.16. The lowest BCUT2D eigenvalue weighted by Gasteiger charge is -2.26. The summed E-state index contributed by atoms with van der Waals surface area (Å²) >= 11 is 0. The number of hydrazine groups is 1. The van der Waals surface area contributed by atoms with Gasteiger partial charge in [0.05, 0.1) is 11.4 Å². The monoisotopic (exact) mass is 248 g/mol. The fourth-order valence-electron chi connectivity index (χ4n) is 1.50. The Hall–Kier alpha value is -2.14. The molecule has 0 saturated heterocycles. The summed E-state index contributed by atoms with van der Waals surface area (Å²) in [5, 5.41) is 8.91. The zero-order valence-corrected chi connectivity index (χ0v) is 10.5. The van der Waals surface area contributed by atoms with Gasteiger partial charge in [-0.3, -0.25) is 10.4 Å². The highest BCUT2D eigenvalue weighted by Crippen LogP contribution is 2.20. The van der Waals surface area contributed by atoms with Crippen molar-refractivity contribution in [1.29, 1.82) is 5.41 Å². The van der Waals surface area contributed by atoms with Crippen molar-refractivity contribution >= 4 is 11.5 Å². The normalized spacial score (nSPS) is 11.2. The largest absolute Gasteiger partial charge is 0.384 e. The molecule has 1 rings (SSSR count). The summed E-state index contributed by atoms with van der Waals surface area (Å²) in [6.07, 6.45) is 1.51. The first-order valence-electron chi connectivity index (χ1n) is 5.40. The second-order valence-electron chi connectivity index (χ2n) is 3.76. The van der Waals surface area contributed by atoms with Crippen LogP contribution in [0.25, 0.3) is 0 Å². The van der Waals surface area contributed by atoms with Crippen LogP contribution in [0.1, 0.15) is 6.92 Å². The van der Waals surface area contributed by atoms with E-state index in [9.17, 15) is 4.39 Å². The maximum absolute atomic E-state index is 12.9. The Morgan fingerprint density at radius 1 is 1.44 bits per heavy atom. The van der Waals surface area contributed by atoms with Crippen LogP contribution in [0.15, 0.2) is 48.2 Å². The first-order chi connectivity index (χ1) is 8.45. The van der Waals surface area contributed by atoms with Crippen molar-refractivity contribution in [2.75, 3.05) is 12.1 Å². The lowest BCUT2D eigenvalue weighted by atomic mass is 10.2. The van der Waals surface area contributed by atoms with E-state index in [4.69, 9.17) is 11.1 Å². The van der Waals surface area contributed by atoms with Gasteiger partial charge in [0.15, 0.2) is 0 Å². The fourth-order valence-corrected chi connectivity index (χ4v) is 1.50. The first kappa shape index (κ1) is 13.9. The average Bonchev–Trinajstić information content (AvgIpc) is 2.31. The molecule has 4 N–H and O–H groups in total. The summed E-state index contributed by atoms with van der Waals surface area (Å²) in [4.78, 5) is 0. The summed E-state index contributed by atoms with van der Waals surface area (Å²) in [6, 6.07) is 6.02. The predicted molar refractivity (Wildman–Crippen MR) is 72.7 cm³/mol. The first-order valence-corrected chi connectivity index (χ1v) is 5.40. The van der Waals surface area contributed by atoms with Crippen LogP contribution in [0.5, 0.6) is 0 Å². The molecule has 0 saturated carbocycles. The van der Waals surface area contributed by atoms with Crippen molar-refractivity contribution in [3.8, 4) is 0 Å². The fraction of sp³-hybridized carbons (Fsp3) is 0.154. The molecule has 0 bridgehead atoms. The van der Waals surface area contributed by atoms with Gasteiger partial charge in [0.1, 0.15) is 11.7 Å². The molecule has 0 fully saturated rings. The number of benzene rings is 1. The highest BCUT2D eigenvalue weighted by molar-refractivity contribution is 5.90. The molecule has 0 heterocycles. The van der Waals surface area contributed by atoms with E-state index < -0.39 is 0 Å². The average molecular weight is 248 g/mol. The van der Waals surface area contributed by atoms with E-state index >= 15 is 0 Å². The zero-order chi connectivity index (χ0) is 13.7. The summed E-state index contributed by atoms with van der Waals surface area (Å²) in [5.74, 6) is -0.333. The number of hydrogen-bond acceptors (Lipinski definition) is 3. The quantitative estimate of drug-likeness (QED) is 0.324. The smallest absolute Gasteiger partial charge is 0.123 e. The molecule has 0 aliphatic rings. The van der Waals surface area contributed by atoms with Crippen molar-refractivity contribution < 1.29 is 4.39 Å². The van der Waals surface area contributed by atoms with E-state index in [0.717, 1.165) is 11.3 Å². The Morgan fingerprint density at radius 2 is 2.00 bits per heavy atom. The van der Waals surface area contributed by atoms with Crippen LogP contribution < -0.4 is 16.2 Å². The van der Waals surface area contributed by atoms with Crippen LogP contribution in [-0.4, -0.2) is 12.9 Å². The van der Waals surface area contributed by atoms with E-state index in [1.54, 1.807) is 31.1 Å². The maximum Gasteiger partial charge on any atom is 0.123 e. The molecule has 0 atom stereocenters. The van der Waals surface area contributed by atoms with Gasteiger partial charge >= 0.3 is 0 Å². The van der Waals surface area contributed by atoms with E-state index in [0.29, 0.717) is 5.70 Å². The van der Waals surface area contributed by atoms with Crippen LogP contribution in [0.2, 0.25) is 0 Å². The van der Waals surface area contributed by atoms with Gasteiger partial charge in [-0.05, 0) is 42.8 Å². The molecule has 1 aromatic carbocycles. The van der Waals surface area contributed by atoms with Gasteiger partial charge in [0, 0.05) is 7.05 Å². The Bertz CT molecular complexity index is 476. The van der Waals surface area contributed by atoms with Gasteiger partial charge in [-0.1, -0.05) is 6.58 Å². The van der Waals surface area contributed by atoms with Crippen LogP contribution >= 0.6 is 0 Å². The molecular formula is C13H17FN4. The lowest BCUT2D eigenvalue weighted by molar-refractivity contribution is 0.627. The Kier molecular flexibility index (Phi) is 4.62. The van der Waals surface area contributed by atoms with Crippen molar-refractivity contribution in [1.82, 2.24) is 5.43 Å². The van der Waals surface area contributed by atoms with Crippen molar-refractivity contribution in [3.05, 3.63) is 54.0 Å². The van der Waals surface area contributed by atoms with Gasteiger partial charge in [0.25, 0.3) is 0 Å². The molecule has 0 aliphatic carbocycles. The minimum Gasteiger partial charge on any atom is -0.384 e. The number of rotatable bonds is 5. The van der Waals surface area contributed by atoms with Crippen molar-refractivity contribution in [2.45, 2.75) is 6.92 Å². The van der Waals surface area contributed by atoms with Crippen LogP contribution in [-0.2, 0) is 0 Å². The topological polar surface area (TPSA) is 65.1 Å². The molecule has 0 aromatic heterocycles. The van der Waals surface area contributed by atoms with Crippen molar-refractivity contribution in [3.63, 3.8) is 0 Å². The molecule has 5 heteroatoms. The summed E-state index contributed by atoms with van der Waals surface area (Å²) in [7, 11) is 1.73. The number of nitrogens with zero attached hydrogens (tertiary/aromatic N) is 1. The van der Waals surface area contributed by atoms with E-state index in [1.807, 2.05) is 0 Å². The molecule has 4 nitrogen and oxygen atoms in total. The third kappa shape index (κ3) is 3.43. The minimum atomic E-state index is -0.295. The van der Waals surface area contributed by atoms with Crippen molar-refractivity contribution in [2.24, 2.45) is 5.73 Å². The lowest BCUT2D eigenvalue weighted by Crippen LogP contribution is -2.34. The molecule has 0 spiro atoms. The SMILES string of the molecule is C=C(/C(C)=C/C(=N)N)N(NC)c1ccc(F)cc1. The summed E-state index contributed by atoms with van der Waals surface area (Å²) in [5.41, 5.74) is 10.4. The highest BCUT2D eigenvalue weighted by atomic mass is 19.1. The van der Waals surface area contributed by atoms with Crippen LogP contribution in [0, 0.1) is 11.2 Å². The molecule has 0 aliphatic heterocycles. The van der Waals surface area contributed by atoms with Crippen LogP contribution in [0.3, 0.4) is 0 Å². The third-order valence-corrected chi connectivity index (χ3v) is 2.41. The summed E-state index contributed by atoms with van der Waals surface area (Å²) in [6.45, 7) is 5.73. The number of nitrogens with two attached hydrogens (primary N) is 1. The number of anilines is 1. The van der Waals surface area contributed by atoms with Gasteiger partial charge in [-0.15, -0.1) is 0 Å². The van der Waals surface area contributed by atoms with Gasteiger partial charge in [0.2, 0.25) is 0 Å². The van der Waals surface area contributed by atoms with Gasteiger partial charge < -0.3 is 5.73 Å². The number of nitrogens with one attached hydrogen (secondary N) is 2. The zero-order valence-electron chi connectivity index (χ0n) is 10.5. The second kappa shape index (κ2) is 5.97. The summed E-state index contributed by atoms with van der Waals surface area (Å²) < 4.78 is 12.9. The minimum absolute atomic E-state index is 0.0381. The molecule has 18 heavy (non-hydrogen) atoms. The number of amidine groups is 1. The third-order valence-electron chi connectivity index (χ3n) is 2.41. The number of halogens is 1. The second-order valence-corrected chi connectivity index (χ2v) is 3.76. The Balaban J connectivity index is 3.00. The molecule has 0 radical (unpaired) electrons. The molecule has 1 aromatic rings. The molecule has 0 amide bonds. The van der Waals surface area contributed by atoms with Gasteiger partial charge in [-0.2, -0.15) is 0 Å².